The molecule has 1 aromatic rings. The first-order chi connectivity index (χ1) is 8.51. The molecule has 1 N–H and O–H groups in total. The van der Waals surface area contributed by atoms with Gasteiger partial charge in [0, 0.05) is 0 Å². The SMILES string of the molecule is CC(C)C[C@H](C#N)NC(=O)Cc1ccc(F)cc1. The lowest BCUT2D eigenvalue weighted by Crippen LogP contribution is -2.35. The van der Waals surface area contributed by atoms with E-state index in [4.69, 9.17) is 5.26 Å². The topological polar surface area (TPSA) is 52.9 Å². The normalized spacial score (nSPS) is 11.9. The van der Waals surface area contributed by atoms with E-state index in [1.165, 1.54) is 12.1 Å². The molecule has 1 rings (SSSR count). The maximum Gasteiger partial charge on any atom is 0.225 e. The standard InChI is InChI=1S/C14H17FN2O/c1-10(2)7-13(9-16)17-14(18)8-11-3-5-12(15)6-4-11/h3-6,10,13H,7-8H2,1-2H3,(H,17,18)/t13-/m1/s1. The van der Waals surface area contributed by atoms with Gasteiger partial charge in [-0.05, 0) is 30.0 Å². The van der Waals surface area contributed by atoms with Gasteiger partial charge < -0.3 is 5.32 Å². The first-order valence-electron chi connectivity index (χ1n) is 5.94. The largest absolute Gasteiger partial charge is 0.340 e. The Balaban J connectivity index is 2.50. The Hall–Kier alpha value is -1.89. The van der Waals surface area contributed by atoms with E-state index in [9.17, 15) is 9.18 Å². The van der Waals surface area contributed by atoms with Crippen LogP contribution in [0, 0.1) is 23.1 Å². The highest BCUT2D eigenvalue weighted by atomic mass is 19.1. The number of amides is 1. The number of nitrogens with one attached hydrogen (secondary N) is 1. The molecule has 4 heteroatoms. The van der Waals surface area contributed by atoms with Gasteiger partial charge in [-0.3, -0.25) is 4.79 Å². The van der Waals surface area contributed by atoms with E-state index >= 15 is 0 Å². The van der Waals surface area contributed by atoms with Gasteiger partial charge in [0.1, 0.15) is 11.9 Å². The van der Waals surface area contributed by atoms with Crippen molar-refractivity contribution < 1.29 is 9.18 Å². The Kier molecular flexibility index (Phi) is 5.31. The van der Waals surface area contributed by atoms with Crippen LogP contribution >= 0.6 is 0 Å². The number of hydrogen-bond acceptors (Lipinski definition) is 2. The fourth-order valence-corrected chi connectivity index (χ4v) is 1.65. The summed E-state index contributed by atoms with van der Waals surface area (Å²) in [6, 6.07) is 7.38. The Morgan fingerprint density at radius 1 is 1.39 bits per heavy atom. The lowest BCUT2D eigenvalue weighted by atomic mass is 10.0. The minimum atomic E-state index is -0.460. The average molecular weight is 248 g/mol. The van der Waals surface area contributed by atoms with Crippen LogP contribution in [0.1, 0.15) is 25.8 Å². The van der Waals surface area contributed by atoms with E-state index in [1.807, 2.05) is 13.8 Å². The summed E-state index contributed by atoms with van der Waals surface area (Å²) in [7, 11) is 0. The van der Waals surface area contributed by atoms with Gasteiger partial charge in [0.2, 0.25) is 5.91 Å². The van der Waals surface area contributed by atoms with Crippen LogP contribution in [-0.4, -0.2) is 11.9 Å². The first-order valence-corrected chi connectivity index (χ1v) is 5.94. The molecule has 0 aliphatic heterocycles. The lowest BCUT2D eigenvalue weighted by molar-refractivity contribution is -0.120. The molecule has 0 saturated carbocycles. The van der Waals surface area contributed by atoms with Crippen molar-refractivity contribution in [3.05, 3.63) is 35.6 Å². The number of carbonyl (C=O) groups is 1. The van der Waals surface area contributed by atoms with Gasteiger partial charge in [-0.1, -0.05) is 26.0 Å². The maximum atomic E-state index is 12.7. The zero-order chi connectivity index (χ0) is 13.5. The highest BCUT2D eigenvalue weighted by Gasteiger charge is 2.13. The molecule has 18 heavy (non-hydrogen) atoms. The number of carbonyl (C=O) groups excluding carboxylic acids is 1. The summed E-state index contributed by atoms with van der Waals surface area (Å²) < 4.78 is 12.7. The van der Waals surface area contributed by atoms with Crippen LogP contribution in [0.3, 0.4) is 0 Å². The number of nitriles is 1. The van der Waals surface area contributed by atoms with Gasteiger partial charge in [-0.2, -0.15) is 5.26 Å². The molecule has 0 bridgehead atoms. The molecule has 0 saturated heterocycles. The van der Waals surface area contributed by atoms with Crippen molar-refractivity contribution in [3.8, 4) is 6.07 Å². The van der Waals surface area contributed by atoms with Crippen molar-refractivity contribution in [1.82, 2.24) is 5.32 Å². The van der Waals surface area contributed by atoms with Crippen LogP contribution in [0.2, 0.25) is 0 Å². The summed E-state index contributed by atoms with van der Waals surface area (Å²) in [6.45, 7) is 3.99. The summed E-state index contributed by atoms with van der Waals surface area (Å²) in [4.78, 5) is 11.7. The second-order valence-corrected chi connectivity index (χ2v) is 4.68. The van der Waals surface area contributed by atoms with Gasteiger partial charge >= 0.3 is 0 Å². The van der Waals surface area contributed by atoms with Crippen molar-refractivity contribution in [3.63, 3.8) is 0 Å². The quantitative estimate of drug-likeness (QED) is 0.870. The third kappa shape index (κ3) is 4.96. The summed E-state index contributed by atoms with van der Waals surface area (Å²) in [5.74, 6) is -0.191. The van der Waals surface area contributed by atoms with E-state index in [-0.39, 0.29) is 18.1 Å². The molecule has 0 heterocycles. The van der Waals surface area contributed by atoms with Crippen molar-refractivity contribution in [1.29, 1.82) is 5.26 Å². The summed E-state index contributed by atoms with van der Waals surface area (Å²) in [5.41, 5.74) is 0.732. The Bertz CT molecular complexity index is 434. The minimum Gasteiger partial charge on any atom is -0.340 e. The molecule has 3 nitrogen and oxygen atoms in total. The predicted molar refractivity (Wildman–Crippen MR) is 67.1 cm³/mol. The summed E-state index contributed by atoms with van der Waals surface area (Å²) >= 11 is 0. The maximum absolute atomic E-state index is 12.7. The van der Waals surface area contributed by atoms with Crippen molar-refractivity contribution in [2.75, 3.05) is 0 Å². The molecule has 0 aliphatic carbocycles. The van der Waals surface area contributed by atoms with Gasteiger partial charge in [-0.25, -0.2) is 4.39 Å². The molecule has 0 aliphatic rings. The molecule has 0 aromatic heterocycles. The van der Waals surface area contributed by atoms with Crippen LogP contribution in [0.25, 0.3) is 0 Å². The fourth-order valence-electron chi connectivity index (χ4n) is 1.65. The molecular weight excluding hydrogens is 231 g/mol. The van der Waals surface area contributed by atoms with Crippen LogP contribution in [0.15, 0.2) is 24.3 Å². The van der Waals surface area contributed by atoms with Crippen molar-refractivity contribution in [2.24, 2.45) is 5.92 Å². The number of benzene rings is 1. The Labute approximate surface area is 107 Å². The zero-order valence-electron chi connectivity index (χ0n) is 10.6. The van der Waals surface area contributed by atoms with Crippen molar-refractivity contribution in [2.45, 2.75) is 32.7 Å². The lowest BCUT2D eigenvalue weighted by Gasteiger charge is -2.13. The van der Waals surface area contributed by atoms with Gasteiger partial charge in [0.15, 0.2) is 0 Å². The van der Waals surface area contributed by atoms with E-state index in [1.54, 1.807) is 12.1 Å². The van der Waals surface area contributed by atoms with Crippen molar-refractivity contribution >= 4 is 5.91 Å². The van der Waals surface area contributed by atoms with Crippen LogP contribution in [0.5, 0.6) is 0 Å². The molecule has 0 unspecified atom stereocenters. The third-order valence-electron chi connectivity index (χ3n) is 2.48. The van der Waals surface area contributed by atoms with Gasteiger partial charge in [-0.15, -0.1) is 0 Å². The van der Waals surface area contributed by atoms with E-state index < -0.39 is 6.04 Å². The monoisotopic (exact) mass is 248 g/mol. The summed E-state index contributed by atoms with van der Waals surface area (Å²) in [5, 5.41) is 11.6. The Morgan fingerprint density at radius 3 is 2.50 bits per heavy atom. The number of hydrogen-bond donors (Lipinski definition) is 1. The van der Waals surface area contributed by atoms with E-state index in [0.29, 0.717) is 12.3 Å². The fraction of sp³-hybridized carbons (Fsp3) is 0.429. The zero-order valence-corrected chi connectivity index (χ0v) is 10.6. The van der Waals surface area contributed by atoms with E-state index in [2.05, 4.69) is 11.4 Å². The molecule has 0 radical (unpaired) electrons. The third-order valence-corrected chi connectivity index (χ3v) is 2.48. The molecule has 1 amide bonds. The molecule has 0 spiro atoms. The van der Waals surface area contributed by atoms with Crippen LogP contribution in [-0.2, 0) is 11.2 Å². The predicted octanol–water partition coefficient (Wildman–Crippen LogP) is 2.42. The second kappa shape index (κ2) is 6.75. The second-order valence-electron chi connectivity index (χ2n) is 4.68. The number of nitrogens with zero attached hydrogens (tertiary/aromatic N) is 1. The van der Waals surface area contributed by atoms with E-state index in [0.717, 1.165) is 5.56 Å². The molecule has 0 fully saturated rings. The minimum absolute atomic E-state index is 0.163. The smallest absolute Gasteiger partial charge is 0.225 e. The molecule has 96 valence electrons. The van der Waals surface area contributed by atoms with Crippen LogP contribution in [0.4, 0.5) is 4.39 Å². The Morgan fingerprint density at radius 2 is 2.00 bits per heavy atom. The first kappa shape index (κ1) is 14.2. The summed E-state index contributed by atoms with van der Waals surface area (Å²) in [6.07, 6.45) is 0.794. The molecule has 1 aromatic carbocycles. The highest BCUT2D eigenvalue weighted by Crippen LogP contribution is 2.06. The van der Waals surface area contributed by atoms with Gasteiger partial charge in [0.25, 0.3) is 0 Å². The number of halogens is 1. The molecular formula is C14H17FN2O. The van der Waals surface area contributed by atoms with Crippen LogP contribution < -0.4 is 5.32 Å². The molecule has 1 atom stereocenters. The van der Waals surface area contributed by atoms with Gasteiger partial charge in [0.05, 0.1) is 12.5 Å². The highest BCUT2D eigenvalue weighted by molar-refractivity contribution is 5.79. The average Bonchev–Trinajstić information content (AvgIpc) is 2.30. The number of rotatable bonds is 5.